The molecule has 2 atom stereocenters. The van der Waals surface area contributed by atoms with Gasteiger partial charge in [-0.05, 0) is 38.4 Å². The van der Waals surface area contributed by atoms with E-state index in [1.807, 2.05) is 11.8 Å². The molecule has 0 radical (unpaired) electrons. The first-order valence-electron chi connectivity index (χ1n) is 6.47. The Kier molecular flexibility index (Phi) is 6.16. The highest BCUT2D eigenvalue weighted by atomic mass is 32.2. The van der Waals surface area contributed by atoms with Gasteiger partial charge in [-0.2, -0.15) is 11.8 Å². The Balaban J connectivity index is 2.07. The fourth-order valence-electron chi connectivity index (χ4n) is 1.91. The quantitative estimate of drug-likeness (QED) is 0.745. The van der Waals surface area contributed by atoms with Crippen LogP contribution in [0.15, 0.2) is 0 Å². The number of rotatable bonds is 7. The Bertz CT molecular complexity index is 190. The Morgan fingerprint density at radius 3 is 2.62 bits per heavy atom. The van der Waals surface area contributed by atoms with E-state index in [1.54, 1.807) is 0 Å². The summed E-state index contributed by atoms with van der Waals surface area (Å²) in [7, 11) is 0. The molecule has 1 fully saturated rings. The second-order valence-corrected chi connectivity index (χ2v) is 6.69. The second-order valence-electron chi connectivity index (χ2n) is 5.62. The molecule has 1 aliphatic heterocycles. The summed E-state index contributed by atoms with van der Waals surface area (Å²) in [6.07, 6.45) is 2.42. The molecule has 0 aromatic carbocycles. The van der Waals surface area contributed by atoms with E-state index in [0.717, 1.165) is 19.1 Å². The van der Waals surface area contributed by atoms with Crippen LogP contribution in [0.25, 0.3) is 0 Å². The second kappa shape index (κ2) is 6.87. The maximum atomic E-state index is 5.76. The lowest BCUT2D eigenvalue weighted by Gasteiger charge is -2.26. The summed E-state index contributed by atoms with van der Waals surface area (Å²) in [5, 5.41) is 3.59. The van der Waals surface area contributed by atoms with Crippen molar-refractivity contribution in [1.82, 2.24) is 5.32 Å². The average Bonchev–Trinajstić information content (AvgIpc) is 2.62. The lowest BCUT2D eigenvalue weighted by molar-refractivity contribution is 0.0196. The van der Waals surface area contributed by atoms with E-state index in [-0.39, 0.29) is 5.60 Å². The van der Waals surface area contributed by atoms with E-state index < -0.39 is 0 Å². The molecule has 16 heavy (non-hydrogen) atoms. The van der Waals surface area contributed by atoms with E-state index in [0.29, 0.717) is 6.04 Å². The minimum atomic E-state index is 0.0942. The predicted octanol–water partition coefficient (Wildman–Crippen LogP) is 2.92. The largest absolute Gasteiger partial charge is 0.374 e. The molecule has 0 saturated carbocycles. The molecule has 0 aromatic heterocycles. The van der Waals surface area contributed by atoms with Crippen LogP contribution in [0.3, 0.4) is 0 Å². The molecular formula is C13H27NOS. The van der Waals surface area contributed by atoms with Crippen molar-refractivity contribution in [3.05, 3.63) is 0 Å². The standard InChI is InChI=1S/C13H27NOS/c1-11(2)8-16-9-12(3)14-10-13(4)6-5-7-15-13/h11-12,14H,5-10H2,1-4H3. The summed E-state index contributed by atoms with van der Waals surface area (Å²) in [6.45, 7) is 11.0. The van der Waals surface area contributed by atoms with Crippen LogP contribution in [0, 0.1) is 5.92 Å². The van der Waals surface area contributed by atoms with Gasteiger partial charge in [0, 0.05) is 24.9 Å². The Hall–Kier alpha value is 0.270. The molecule has 0 spiro atoms. The number of hydrogen-bond donors (Lipinski definition) is 1. The number of nitrogens with one attached hydrogen (secondary N) is 1. The third kappa shape index (κ3) is 5.55. The molecular weight excluding hydrogens is 218 g/mol. The Labute approximate surface area is 105 Å². The third-order valence-electron chi connectivity index (χ3n) is 2.94. The first kappa shape index (κ1) is 14.3. The van der Waals surface area contributed by atoms with Gasteiger partial charge in [0.25, 0.3) is 0 Å². The van der Waals surface area contributed by atoms with Crippen molar-refractivity contribution in [2.45, 2.75) is 52.2 Å². The van der Waals surface area contributed by atoms with Crippen LogP contribution >= 0.6 is 11.8 Å². The minimum Gasteiger partial charge on any atom is -0.374 e. The van der Waals surface area contributed by atoms with Gasteiger partial charge in [-0.25, -0.2) is 0 Å². The number of thioether (sulfide) groups is 1. The highest BCUT2D eigenvalue weighted by Crippen LogP contribution is 2.24. The molecule has 1 rings (SSSR count). The summed E-state index contributed by atoms with van der Waals surface area (Å²) in [4.78, 5) is 0. The zero-order valence-corrected chi connectivity index (χ0v) is 12.0. The van der Waals surface area contributed by atoms with E-state index in [2.05, 4.69) is 33.0 Å². The van der Waals surface area contributed by atoms with Crippen molar-refractivity contribution in [2.75, 3.05) is 24.7 Å². The van der Waals surface area contributed by atoms with Gasteiger partial charge in [0.1, 0.15) is 0 Å². The van der Waals surface area contributed by atoms with Crippen LogP contribution in [-0.2, 0) is 4.74 Å². The Morgan fingerprint density at radius 1 is 1.31 bits per heavy atom. The molecule has 2 nitrogen and oxygen atoms in total. The molecule has 96 valence electrons. The topological polar surface area (TPSA) is 21.3 Å². The monoisotopic (exact) mass is 245 g/mol. The van der Waals surface area contributed by atoms with E-state index in [9.17, 15) is 0 Å². The molecule has 1 heterocycles. The molecule has 1 aliphatic rings. The molecule has 1 N–H and O–H groups in total. The van der Waals surface area contributed by atoms with E-state index >= 15 is 0 Å². The van der Waals surface area contributed by atoms with Crippen molar-refractivity contribution in [2.24, 2.45) is 5.92 Å². The normalized spacial score (nSPS) is 27.6. The highest BCUT2D eigenvalue weighted by molar-refractivity contribution is 7.99. The Morgan fingerprint density at radius 2 is 2.06 bits per heavy atom. The predicted molar refractivity (Wildman–Crippen MR) is 73.2 cm³/mol. The van der Waals surface area contributed by atoms with E-state index in [4.69, 9.17) is 4.74 Å². The molecule has 3 heteroatoms. The molecule has 0 aromatic rings. The molecule has 0 amide bonds. The zero-order chi connectivity index (χ0) is 12.0. The van der Waals surface area contributed by atoms with Crippen molar-refractivity contribution in [1.29, 1.82) is 0 Å². The van der Waals surface area contributed by atoms with Crippen LogP contribution in [0.4, 0.5) is 0 Å². The number of ether oxygens (including phenoxy) is 1. The van der Waals surface area contributed by atoms with Crippen molar-refractivity contribution in [3.8, 4) is 0 Å². The summed E-state index contributed by atoms with van der Waals surface area (Å²) in [5.41, 5.74) is 0.0942. The summed E-state index contributed by atoms with van der Waals surface area (Å²) in [6, 6.07) is 0.588. The minimum absolute atomic E-state index is 0.0942. The van der Waals surface area contributed by atoms with Crippen LogP contribution in [0.2, 0.25) is 0 Å². The van der Waals surface area contributed by atoms with Gasteiger partial charge in [0.15, 0.2) is 0 Å². The first-order chi connectivity index (χ1) is 7.52. The third-order valence-corrected chi connectivity index (χ3v) is 4.58. The van der Waals surface area contributed by atoms with Crippen LogP contribution in [0.1, 0.15) is 40.5 Å². The SMILES string of the molecule is CC(C)CSCC(C)NCC1(C)CCCO1. The first-order valence-corrected chi connectivity index (χ1v) is 7.62. The van der Waals surface area contributed by atoms with Crippen LogP contribution < -0.4 is 5.32 Å². The van der Waals surface area contributed by atoms with Crippen LogP contribution in [-0.4, -0.2) is 36.3 Å². The maximum absolute atomic E-state index is 5.76. The molecule has 1 saturated heterocycles. The van der Waals surface area contributed by atoms with Gasteiger partial charge < -0.3 is 10.1 Å². The van der Waals surface area contributed by atoms with E-state index in [1.165, 1.54) is 24.3 Å². The highest BCUT2D eigenvalue weighted by Gasteiger charge is 2.29. The molecule has 0 bridgehead atoms. The van der Waals surface area contributed by atoms with Crippen molar-refractivity contribution < 1.29 is 4.74 Å². The molecule has 2 unspecified atom stereocenters. The van der Waals surface area contributed by atoms with Gasteiger partial charge >= 0.3 is 0 Å². The number of hydrogen-bond acceptors (Lipinski definition) is 3. The summed E-state index contributed by atoms with van der Waals surface area (Å²) >= 11 is 2.05. The average molecular weight is 245 g/mol. The summed E-state index contributed by atoms with van der Waals surface area (Å²) < 4.78 is 5.76. The maximum Gasteiger partial charge on any atom is 0.0779 e. The molecule has 0 aliphatic carbocycles. The van der Waals surface area contributed by atoms with Gasteiger partial charge in [0.05, 0.1) is 5.60 Å². The fourth-order valence-corrected chi connectivity index (χ4v) is 2.98. The van der Waals surface area contributed by atoms with Gasteiger partial charge in [0.2, 0.25) is 0 Å². The smallest absolute Gasteiger partial charge is 0.0779 e. The van der Waals surface area contributed by atoms with Gasteiger partial charge in [-0.1, -0.05) is 13.8 Å². The van der Waals surface area contributed by atoms with Gasteiger partial charge in [-0.3, -0.25) is 0 Å². The van der Waals surface area contributed by atoms with Crippen molar-refractivity contribution >= 4 is 11.8 Å². The lowest BCUT2D eigenvalue weighted by Crippen LogP contribution is -2.42. The fraction of sp³-hybridized carbons (Fsp3) is 1.00. The van der Waals surface area contributed by atoms with Crippen molar-refractivity contribution in [3.63, 3.8) is 0 Å². The van der Waals surface area contributed by atoms with Gasteiger partial charge in [-0.15, -0.1) is 0 Å². The lowest BCUT2D eigenvalue weighted by atomic mass is 10.0. The summed E-state index contributed by atoms with van der Waals surface area (Å²) in [5.74, 6) is 3.27. The van der Waals surface area contributed by atoms with Crippen LogP contribution in [0.5, 0.6) is 0 Å². The zero-order valence-electron chi connectivity index (χ0n) is 11.2.